The predicted octanol–water partition coefficient (Wildman–Crippen LogP) is 3.83. The average Bonchev–Trinajstić information content (AvgIpc) is 3.02. The number of thioether (sulfide) groups is 1. The molecule has 126 valence electrons. The van der Waals surface area contributed by atoms with Crippen molar-refractivity contribution < 1.29 is 4.79 Å². The lowest BCUT2D eigenvalue weighted by Gasteiger charge is -2.23. The molecule has 7 heteroatoms. The van der Waals surface area contributed by atoms with Gasteiger partial charge >= 0.3 is 0 Å². The molecule has 0 spiro atoms. The fourth-order valence-electron chi connectivity index (χ4n) is 3.19. The Kier molecular flexibility index (Phi) is 4.45. The highest BCUT2D eigenvalue weighted by molar-refractivity contribution is 8.00. The Morgan fingerprint density at radius 2 is 1.92 bits per heavy atom. The number of nitrogens with zero attached hydrogens (tertiary/aromatic N) is 4. The van der Waals surface area contributed by atoms with Crippen LogP contribution in [0.15, 0.2) is 29.4 Å². The van der Waals surface area contributed by atoms with Gasteiger partial charge in [-0.2, -0.15) is 0 Å². The van der Waals surface area contributed by atoms with Crippen LogP contribution in [0.25, 0.3) is 15.2 Å². The van der Waals surface area contributed by atoms with Crippen LogP contribution in [0.5, 0.6) is 0 Å². The first-order chi connectivity index (χ1) is 11.7. The van der Waals surface area contributed by atoms with Gasteiger partial charge in [0, 0.05) is 13.1 Å². The van der Waals surface area contributed by atoms with E-state index in [1.807, 2.05) is 24.0 Å². The first-order valence-electron chi connectivity index (χ1n) is 8.42. The van der Waals surface area contributed by atoms with E-state index in [1.165, 1.54) is 29.3 Å². The molecule has 3 aromatic rings. The monoisotopic (exact) mass is 360 g/mol. The fourth-order valence-corrected chi connectivity index (χ4v) is 5.16. The third kappa shape index (κ3) is 2.91. The summed E-state index contributed by atoms with van der Waals surface area (Å²) >= 11 is 3.14. The van der Waals surface area contributed by atoms with Crippen LogP contribution >= 0.6 is 23.1 Å². The zero-order valence-corrected chi connectivity index (χ0v) is 15.3. The van der Waals surface area contributed by atoms with Gasteiger partial charge in [-0.15, -0.1) is 10.2 Å². The molecule has 24 heavy (non-hydrogen) atoms. The summed E-state index contributed by atoms with van der Waals surface area (Å²) in [6, 6.07) is 8.22. The van der Waals surface area contributed by atoms with Crippen molar-refractivity contribution in [3.63, 3.8) is 0 Å². The first-order valence-corrected chi connectivity index (χ1v) is 10.1. The van der Waals surface area contributed by atoms with Crippen molar-refractivity contribution in [1.82, 2.24) is 19.5 Å². The Bertz CT molecular complexity index is 864. The first kappa shape index (κ1) is 15.9. The van der Waals surface area contributed by atoms with Crippen LogP contribution in [0.3, 0.4) is 0 Å². The number of thiazole rings is 1. The van der Waals surface area contributed by atoms with E-state index in [4.69, 9.17) is 0 Å². The van der Waals surface area contributed by atoms with Gasteiger partial charge in [-0.25, -0.2) is 0 Å². The molecule has 2 aromatic heterocycles. The molecule has 0 N–H and O–H groups in total. The molecular weight excluding hydrogens is 340 g/mol. The lowest BCUT2D eigenvalue weighted by Crippen LogP contribution is -2.37. The molecule has 4 rings (SSSR count). The number of likely N-dealkylation sites (tertiary alicyclic amines) is 1. The van der Waals surface area contributed by atoms with E-state index < -0.39 is 0 Å². The number of hydrogen-bond donors (Lipinski definition) is 0. The van der Waals surface area contributed by atoms with E-state index in [0.717, 1.165) is 41.6 Å². The van der Waals surface area contributed by atoms with Crippen LogP contribution in [-0.2, 0) is 4.79 Å². The molecule has 1 amide bonds. The number of fused-ring (bicyclic) bond motifs is 3. The smallest absolute Gasteiger partial charge is 0.235 e. The summed E-state index contributed by atoms with van der Waals surface area (Å²) in [7, 11) is 0. The molecule has 1 fully saturated rings. The maximum atomic E-state index is 12.8. The minimum atomic E-state index is -0.144. The second-order valence-corrected chi connectivity index (χ2v) is 8.49. The zero-order valence-electron chi connectivity index (χ0n) is 13.6. The highest BCUT2D eigenvalue weighted by atomic mass is 32.2. The van der Waals surface area contributed by atoms with Crippen LogP contribution in [-0.4, -0.2) is 43.7 Å². The molecule has 0 aliphatic carbocycles. The number of rotatable bonds is 3. The minimum absolute atomic E-state index is 0.144. The lowest BCUT2D eigenvalue weighted by molar-refractivity contribution is -0.130. The van der Waals surface area contributed by atoms with E-state index in [-0.39, 0.29) is 11.2 Å². The third-order valence-electron chi connectivity index (χ3n) is 4.46. The Hall–Kier alpha value is -1.60. The average molecular weight is 361 g/mol. The highest BCUT2D eigenvalue weighted by Gasteiger charge is 2.24. The zero-order chi connectivity index (χ0) is 16.5. The second kappa shape index (κ2) is 6.72. The summed E-state index contributed by atoms with van der Waals surface area (Å²) in [6.07, 6.45) is 4.70. The van der Waals surface area contributed by atoms with Crippen molar-refractivity contribution >= 4 is 44.2 Å². The van der Waals surface area contributed by atoms with E-state index in [9.17, 15) is 4.79 Å². The third-order valence-corrected chi connectivity index (χ3v) is 6.50. The normalized spacial score (nSPS) is 17.3. The molecule has 1 saturated heterocycles. The summed E-state index contributed by atoms with van der Waals surface area (Å²) in [5.74, 6) is 0.221. The maximum absolute atomic E-state index is 12.8. The van der Waals surface area contributed by atoms with Crippen LogP contribution < -0.4 is 0 Å². The number of amides is 1. The second-order valence-electron chi connectivity index (χ2n) is 6.17. The molecule has 5 nitrogen and oxygen atoms in total. The van der Waals surface area contributed by atoms with E-state index >= 15 is 0 Å². The Morgan fingerprint density at radius 3 is 2.71 bits per heavy atom. The van der Waals surface area contributed by atoms with Crippen molar-refractivity contribution in [2.45, 2.75) is 43.0 Å². The summed E-state index contributed by atoms with van der Waals surface area (Å²) in [5.41, 5.74) is 1.11. The van der Waals surface area contributed by atoms with Gasteiger partial charge in [0.05, 0.1) is 15.5 Å². The topological polar surface area (TPSA) is 50.5 Å². The SMILES string of the molecule is C[C@H](Sc1nnc2sc3ccccc3n12)C(=O)N1CCCCCC1. The Balaban J connectivity index is 1.58. The number of para-hydroxylation sites is 1. The Labute approximate surface area is 149 Å². The van der Waals surface area contributed by atoms with Crippen molar-refractivity contribution in [2.24, 2.45) is 0 Å². The maximum Gasteiger partial charge on any atom is 0.235 e. The van der Waals surface area contributed by atoms with Crippen LogP contribution in [0.4, 0.5) is 0 Å². The summed E-state index contributed by atoms with van der Waals surface area (Å²) < 4.78 is 3.26. The molecule has 0 bridgehead atoms. The summed E-state index contributed by atoms with van der Waals surface area (Å²) in [4.78, 5) is 15.7. The standard InChI is InChI=1S/C17H20N4OS2/c1-12(15(22)20-10-6-2-3-7-11-20)23-16-18-19-17-21(16)13-8-4-5-9-14(13)24-17/h4-5,8-9,12H,2-3,6-7,10-11H2,1H3/t12-/m0/s1. The molecule has 0 unspecified atom stereocenters. The minimum Gasteiger partial charge on any atom is -0.342 e. The van der Waals surface area contributed by atoms with Crippen molar-refractivity contribution in [3.8, 4) is 0 Å². The van der Waals surface area contributed by atoms with Gasteiger partial charge in [0.25, 0.3) is 0 Å². The molecule has 1 aromatic carbocycles. The Morgan fingerprint density at radius 1 is 1.17 bits per heavy atom. The molecular formula is C17H20N4OS2. The molecule has 1 atom stereocenters. The van der Waals surface area contributed by atoms with E-state index in [2.05, 4.69) is 26.7 Å². The molecule has 0 radical (unpaired) electrons. The molecule has 1 aliphatic heterocycles. The number of carbonyl (C=O) groups is 1. The quantitative estimate of drug-likeness (QED) is 0.666. The van der Waals surface area contributed by atoms with Crippen molar-refractivity contribution in [3.05, 3.63) is 24.3 Å². The largest absolute Gasteiger partial charge is 0.342 e. The fraction of sp³-hybridized carbons (Fsp3) is 0.471. The van der Waals surface area contributed by atoms with E-state index in [0.29, 0.717) is 0 Å². The number of benzene rings is 1. The number of hydrogen-bond acceptors (Lipinski definition) is 5. The number of aromatic nitrogens is 3. The van der Waals surface area contributed by atoms with Gasteiger partial charge < -0.3 is 4.90 Å². The summed E-state index contributed by atoms with van der Waals surface area (Å²) in [6.45, 7) is 3.76. The van der Waals surface area contributed by atoms with Crippen molar-refractivity contribution in [2.75, 3.05) is 13.1 Å². The van der Waals surface area contributed by atoms with Crippen LogP contribution in [0, 0.1) is 0 Å². The molecule has 1 aliphatic rings. The predicted molar refractivity (Wildman–Crippen MR) is 98.7 cm³/mol. The molecule has 3 heterocycles. The van der Waals surface area contributed by atoms with Gasteiger partial charge in [0.15, 0.2) is 5.16 Å². The van der Waals surface area contributed by atoms with Gasteiger partial charge in [0.1, 0.15) is 0 Å². The van der Waals surface area contributed by atoms with Gasteiger partial charge in [0.2, 0.25) is 10.9 Å². The van der Waals surface area contributed by atoms with Gasteiger partial charge in [-0.05, 0) is 31.9 Å². The lowest BCUT2D eigenvalue weighted by atomic mass is 10.2. The summed E-state index contributed by atoms with van der Waals surface area (Å²) in [5, 5.41) is 9.25. The van der Waals surface area contributed by atoms with Gasteiger partial charge in [-0.1, -0.05) is 48.1 Å². The van der Waals surface area contributed by atoms with Crippen LogP contribution in [0.1, 0.15) is 32.6 Å². The van der Waals surface area contributed by atoms with Crippen LogP contribution in [0.2, 0.25) is 0 Å². The van der Waals surface area contributed by atoms with Crippen molar-refractivity contribution in [1.29, 1.82) is 0 Å². The van der Waals surface area contributed by atoms with Gasteiger partial charge in [-0.3, -0.25) is 9.20 Å². The van der Waals surface area contributed by atoms with E-state index in [1.54, 1.807) is 11.3 Å². The number of carbonyl (C=O) groups excluding carboxylic acids is 1. The molecule has 0 saturated carbocycles. The highest BCUT2D eigenvalue weighted by Crippen LogP contribution is 2.31.